The maximum Gasteiger partial charge on any atom is 0.178 e. The molecule has 3 aliphatic heterocycles. The molecule has 3 saturated heterocycles. The van der Waals surface area contributed by atoms with Crippen LogP contribution in [0.3, 0.4) is 0 Å². The van der Waals surface area contributed by atoms with E-state index < -0.39 is 46.8 Å². The summed E-state index contributed by atoms with van der Waals surface area (Å²) >= 11 is 0. The first-order valence-corrected chi connectivity index (χ1v) is 18.0. The van der Waals surface area contributed by atoms with Crippen molar-refractivity contribution in [1.29, 1.82) is 0 Å². The molecule has 4 unspecified atom stereocenters. The summed E-state index contributed by atoms with van der Waals surface area (Å²) in [5, 5.41) is 19.7. The van der Waals surface area contributed by atoms with Gasteiger partial charge in [0, 0.05) is 32.3 Å². The van der Waals surface area contributed by atoms with E-state index in [4.69, 9.17) is 23.7 Å². The molecular formula is C36H52O9S. The van der Waals surface area contributed by atoms with E-state index in [0.29, 0.717) is 19.6 Å². The average molecular weight is 661 g/mol. The second kappa shape index (κ2) is 17.3. The average Bonchev–Trinajstić information content (AvgIpc) is 3.55. The molecule has 1 aromatic rings. The fourth-order valence-electron chi connectivity index (χ4n) is 6.90. The highest BCUT2D eigenvalue weighted by Gasteiger charge is 2.49. The molecule has 0 spiro atoms. The summed E-state index contributed by atoms with van der Waals surface area (Å²) in [5.74, 6) is -0.484. The van der Waals surface area contributed by atoms with E-state index in [1.807, 2.05) is 12.2 Å². The van der Waals surface area contributed by atoms with Crippen LogP contribution >= 0.6 is 0 Å². The van der Waals surface area contributed by atoms with E-state index in [1.54, 1.807) is 36.4 Å². The van der Waals surface area contributed by atoms with E-state index in [1.165, 1.54) is 7.11 Å². The molecule has 10 atom stereocenters. The van der Waals surface area contributed by atoms with Gasteiger partial charge in [0.05, 0.1) is 79.3 Å². The first-order chi connectivity index (χ1) is 22.1. The molecule has 3 aliphatic rings. The lowest BCUT2D eigenvalue weighted by atomic mass is 9.83. The van der Waals surface area contributed by atoms with Crippen molar-refractivity contribution in [2.24, 2.45) is 11.8 Å². The Balaban J connectivity index is 1.42. The SMILES string of the molecule is C=CCOC/C=C/C1CC(=C)[C@H](CC[C@H]2CC(C)C(=C)C(C[C@@H]3O[C@H](C[C@H](O)CO)[C@H](OC)C3CS(=O)(=O)c3ccccc3)O2)O1. The fourth-order valence-corrected chi connectivity index (χ4v) is 8.57. The van der Waals surface area contributed by atoms with Crippen LogP contribution in [0.5, 0.6) is 0 Å². The molecule has 3 fully saturated rings. The Morgan fingerprint density at radius 1 is 1.07 bits per heavy atom. The van der Waals surface area contributed by atoms with Gasteiger partial charge in [-0.05, 0) is 48.5 Å². The molecule has 0 amide bonds. The monoisotopic (exact) mass is 660 g/mol. The third-order valence-electron chi connectivity index (χ3n) is 9.39. The number of sulfone groups is 1. The van der Waals surface area contributed by atoms with Crippen LogP contribution in [0.4, 0.5) is 0 Å². The summed E-state index contributed by atoms with van der Waals surface area (Å²) in [6.07, 6.45) is 6.34. The fraction of sp³-hybridized carbons (Fsp3) is 0.611. The molecule has 3 heterocycles. The van der Waals surface area contributed by atoms with Gasteiger partial charge in [-0.2, -0.15) is 0 Å². The summed E-state index contributed by atoms with van der Waals surface area (Å²) in [4.78, 5) is 0.240. The lowest BCUT2D eigenvalue weighted by molar-refractivity contribution is -0.0785. The van der Waals surface area contributed by atoms with E-state index in [9.17, 15) is 18.6 Å². The molecule has 46 heavy (non-hydrogen) atoms. The molecule has 10 heteroatoms. The van der Waals surface area contributed by atoms with E-state index in [0.717, 1.165) is 36.8 Å². The molecule has 1 aromatic carbocycles. The topological polar surface area (TPSA) is 121 Å². The maximum absolute atomic E-state index is 13.5. The summed E-state index contributed by atoms with van der Waals surface area (Å²) in [5.41, 5.74) is 2.04. The second-order valence-corrected chi connectivity index (χ2v) is 14.8. The summed E-state index contributed by atoms with van der Waals surface area (Å²) in [6.45, 7) is 15.0. The Kier molecular flexibility index (Phi) is 13.8. The van der Waals surface area contributed by atoms with Crippen LogP contribution in [0.15, 0.2) is 84.3 Å². The normalized spacial score (nSPS) is 32.7. The Labute approximate surface area is 274 Å². The molecule has 0 bridgehead atoms. The van der Waals surface area contributed by atoms with Gasteiger partial charge in [-0.15, -0.1) is 6.58 Å². The first kappa shape index (κ1) is 36.7. The predicted octanol–water partition coefficient (Wildman–Crippen LogP) is 4.59. The number of hydrogen-bond acceptors (Lipinski definition) is 9. The summed E-state index contributed by atoms with van der Waals surface area (Å²) in [7, 11) is -2.14. The first-order valence-electron chi connectivity index (χ1n) is 16.3. The van der Waals surface area contributed by atoms with Crippen molar-refractivity contribution in [2.75, 3.05) is 32.7 Å². The van der Waals surface area contributed by atoms with Gasteiger partial charge in [0.2, 0.25) is 0 Å². The molecule has 2 N–H and O–H groups in total. The highest BCUT2D eigenvalue weighted by atomic mass is 32.2. The predicted molar refractivity (Wildman–Crippen MR) is 177 cm³/mol. The van der Waals surface area contributed by atoms with Gasteiger partial charge in [0.1, 0.15) is 0 Å². The van der Waals surface area contributed by atoms with Crippen molar-refractivity contribution >= 4 is 9.84 Å². The highest BCUT2D eigenvalue weighted by molar-refractivity contribution is 7.91. The van der Waals surface area contributed by atoms with Crippen molar-refractivity contribution in [3.05, 3.63) is 79.4 Å². The zero-order chi connectivity index (χ0) is 33.3. The zero-order valence-corrected chi connectivity index (χ0v) is 28.1. The number of aliphatic hydroxyl groups excluding tert-OH is 2. The van der Waals surface area contributed by atoms with Gasteiger partial charge < -0.3 is 33.9 Å². The van der Waals surface area contributed by atoms with Crippen LogP contribution < -0.4 is 0 Å². The minimum atomic E-state index is -3.66. The Morgan fingerprint density at radius 3 is 2.52 bits per heavy atom. The summed E-state index contributed by atoms with van der Waals surface area (Å²) < 4.78 is 57.6. The minimum Gasteiger partial charge on any atom is -0.394 e. The molecule has 0 saturated carbocycles. The van der Waals surface area contributed by atoms with Crippen molar-refractivity contribution in [3.63, 3.8) is 0 Å². The van der Waals surface area contributed by atoms with Gasteiger partial charge >= 0.3 is 0 Å². The van der Waals surface area contributed by atoms with Gasteiger partial charge in [-0.25, -0.2) is 8.42 Å². The van der Waals surface area contributed by atoms with Gasteiger partial charge in [-0.1, -0.05) is 56.5 Å². The number of rotatable bonds is 17. The van der Waals surface area contributed by atoms with Crippen molar-refractivity contribution < 1.29 is 42.3 Å². The Hall–Kier alpha value is -2.15. The number of methoxy groups -OCH3 is 1. The quantitative estimate of drug-likeness (QED) is 0.183. The molecule has 0 radical (unpaired) electrons. The minimum absolute atomic E-state index is 0.0156. The zero-order valence-electron chi connectivity index (χ0n) is 27.2. The van der Waals surface area contributed by atoms with Gasteiger partial charge in [0.25, 0.3) is 0 Å². The molecule has 0 aliphatic carbocycles. The number of ether oxygens (including phenoxy) is 5. The standard InChI is InChI=1S/C36H52O9S/c1-6-16-42-17-10-11-28-19-25(3)32(43-28)15-14-29-18-24(2)26(4)33(44-29)21-34-31(23-46(39,40)30-12-8-7-9-13-30)36(41-5)35(45-34)20-27(38)22-37/h6-13,24,27-29,31-38H,1,3-4,14-23H2,2,5H3/b11-10+/t24?,27-,28?,29-,31?,32-,33?,34-,35+,36+/m0/s1. The van der Waals surface area contributed by atoms with Crippen LogP contribution in [0.1, 0.15) is 45.4 Å². The lowest BCUT2D eigenvalue weighted by Crippen LogP contribution is -2.40. The number of aliphatic hydroxyl groups is 2. The smallest absolute Gasteiger partial charge is 0.178 e. The highest BCUT2D eigenvalue weighted by Crippen LogP contribution is 2.41. The summed E-state index contributed by atoms with van der Waals surface area (Å²) in [6, 6.07) is 8.37. The lowest BCUT2D eigenvalue weighted by Gasteiger charge is -2.38. The van der Waals surface area contributed by atoms with E-state index >= 15 is 0 Å². The van der Waals surface area contributed by atoms with Crippen LogP contribution in [0, 0.1) is 11.8 Å². The van der Waals surface area contributed by atoms with Gasteiger partial charge in [-0.3, -0.25) is 0 Å². The maximum atomic E-state index is 13.5. The number of hydrogen-bond donors (Lipinski definition) is 2. The Morgan fingerprint density at radius 2 is 1.83 bits per heavy atom. The van der Waals surface area contributed by atoms with Crippen LogP contribution in [-0.2, 0) is 33.5 Å². The Bertz CT molecular complexity index is 1280. The molecular weight excluding hydrogens is 608 g/mol. The molecule has 4 rings (SSSR count). The third kappa shape index (κ3) is 9.70. The second-order valence-electron chi connectivity index (χ2n) is 12.8. The van der Waals surface area contributed by atoms with E-state index in [-0.39, 0.29) is 47.4 Å². The van der Waals surface area contributed by atoms with Crippen molar-refractivity contribution in [2.45, 2.75) is 99.2 Å². The van der Waals surface area contributed by atoms with Crippen molar-refractivity contribution in [3.8, 4) is 0 Å². The van der Waals surface area contributed by atoms with Crippen LogP contribution in [-0.4, -0.2) is 100 Å². The van der Waals surface area contributed by atoms with E-state index in [2.05, 4.69) is 26.7 Å². The molecule has 0 aromatic heterocycles. The molecule has 256 valence electrons. The number of benzene rings is 1. The van der Waals surface area contributed by atoms with Crippen LogP contribution in [0.25, 0.3) is 0 Å². The third-order valence-corrected chi connectivity index (χ3v) is 11.2. The molecule has 9 nitrogen and oxygen atoms in total. The van der Waals surface area contributed by atoms with Crippen molar-refractivity contribution in [1.82, 2.24) is 0 Å². The van der Waals surface area contributed by atoms with Gasteiger partial charge in [0.15, 0.2) is 9.84 Å². The van der Waals surface area contributed by atoms with Crippen LogP contribution in [0.2, 0.25) is 0 Å². The largest absolute Gasteiger partial charge is 0.394 e.